The lowest BCUT2D eigenvalue weighted by atomic mass is 10.1. The Kier molecular flexibility index (Phi) is 5.81. The van der Waals surface area contributed by atoms with E-state index >= 15 is 0 Å². The van der Waals surface area contributed by atoms with Gasteiger partial charge in [0, 0.05) is 24.4 Å². The number of hydrogen-bond donors (Lipinski definition) is 2. The van der Waals surface area contributed by atoms with E-state index in [9.17, 15) is 18.7 Å². The lowest BCUT2D eigenvalue weighted by molar-refractivity contribution is 0.0635. The molecule has 0 aliphatic heterocycles. The van der Waals surface area contributed by atoms with Gasteiger partial charge < -0.3 is 14.6 Å². The maximum atomic E-state index is 14.3. The molecule has 0 saturated heterocycles. The number of rotatable bonds is 5. The molecule has 26 heavy (non-hydrogen) atoms. The smallest absolute Gasteiger partial charge is 0.413 e. The van der Waals surface area contributed by atoms with Crippen LogP contribution in [0.1, 0.15) is 20.8 Å². The highest BCUT2D eigenvalue weighted by atomic mass is 19.2. The van der Waals surface area contributed by atoms with Crippen LogP contribution in [-0.2, 0) is 16.0 Å². The zero-order valence-corrected chi connectivity index (χ0v) is 15.0. The highest BCUT2D eigenvalue weighted by Crippen LogP contribution is 2.33. The van der Waals surface area contributed by atoms with Crippen molar-refractivity contribution in [3.8, 4) is 16.9 Å². The number of phenolic OH excluding ortho intramolecular Hbond substituents is 1. The van der Waals surface area contributed by atoms with Crippen molar-refractivity contribution < 1.29 is 28.2 Å². The van der Waals surface area contributed by atoms with Gasteiger partial charge in [0.2, 0.25) is 5.82 Å². The SMILES string of the molecule is COCCn1cc(-c2ccc(O)c(F)c2F)c(NC(=O)OC(C)(C)C)n1. The first-order chi connectivity index (χ1) is 12.1. The van der Waals surface area contributed by atoms with Crippen LogP contribution in [0, 0.1) is 11.6 Å². The Balaban J connectivity index is 2.42. The number of ether oxygens (including phenoxy) is 2. The Morgan fingerprint density at radius 2 is 1.96 bits per heavy atom. The number of aromatic nitrogens is 2. The van der Waals surface area contributed by atoms with Gasteiger partial charge >= 0.3 is 6.09 Å². The minimum absolute atomic E-state index is 0.000608. The molecular weight excluding hydrogens is 348 g/mol. The second kappa shape index (κ2) is 7.69. The summed E-state index contributed by atoms with van der Waals surface area (Å²) in [4.78, 5) is 12.0. The van der Waals surface area contributed by atoms with Gasteiger partial charge in [0.15, 0.2) is 17.4 Å². The molecule has 0 aliphatic carbocycles. The third-order valence-electron chi connectivity index (χ3n) is 3.26. The molecule has 142 valence electrons. The van der Waals surface area contributed by atoms with Gasteiger partial charge in [-0.2, -0.15) is 9.49 Å². The Labute approximate surface area is 149 Å². The van der Waals surface area contributed by atoms with Crippen molar-refractivity contribution in [1.29, 1.82) is 0 Å². The van der Waals surface area contributed by atoms with E-state index in [1.54, 1.807) is 20.8 Å². The summed E-state index contributed by atoms with van der Waals surface area (Å²) in [7, 11) is 1.51. The number of amides is 1. The van der Waals surface area contributed by atoms with Gasteiger partial charge in [0.1, 0.15) is 5.60 Å². The van der Waals surface area contributed by atoms with E-state index in [0.29, 0.717) is 13.2 Å². The van der Waals surface area contributed by atoms with Gasteiger partial charge in [0.25, 0.3) is 0 Å². The number of halogens is 2. The topological polar surface area (TPSA) is 85.6 Å². The highest BCUT2D eigenvalue weighted by Gasteiger charge is 2.23. The molecule has 1 heterocycles. The van der Waals surface area contributed by atoms with Gasteiger partial charge in [-0.15, -0.1) is 0 Å². The second-order valence-electron chi connectivity index (χ2n) is 6.53. The van der Waals surface area contributed by atoms with Crippen LogP contribution < -0.4 is 5.32 Å². The molecule has 1 amide bonds. The number of nitrogens with zero attached hydrogens (tertiary/aromatic N) is 2. The molecule has 0 bridgehead atoms. The molecule has 0 saturated carbocycles. The zero-order valence-electron chi connectivity index (χ0n) is 15.0. The van der Waals surface area contributed by atoms with Crippen molar-refractivity contribution in [1.82, 2.24) is 9.78 Å². The summed E-state index contributed by atoms with van der Waals surface area (Å²) >= 11 is 0. The van der Waals surface area contributed by atoms with Crippen LogP contribution in [-0.4, -0.2) is 40.3 Å². The number of benzene rings is 1. The summed E-state index contributed by atoms with van der Waals surface area (Å²) in [6, 6.07) is 2.23. The molecule has 0 fully saturated rings. The molecule has 2 aromatic rings. The number of phenols is 1. The Morgan fingerprint density at radius 1 is 1.27 bits per heavy atom. The molecule has 9 heteroatoms. The largest absolute Gasteiger partial charge is 0.505 e. The van der Waals surface area contributed by atoms with Crippen molar-refractivity contribution in [3.05, 3.63) is 30.0 Å². The summed E-state index contributed by atoms with van der Waals surface area (Å²) in [6.07, 6.45) is 0.663. The molecule has 0 aliphatic rings. The number of anilines is 1. The van der Waals surface area contributed by atoms with Crippen LogP contribution >= 0.6 is 0 Å². The van der Waals surface area contributed by atoms with E-state index in [1.165, 1.54) is 24.1 Å². The second-order valence-corrected chi connectivity index (χ2v) is 6.53. The van der Waals surface area contributed by atoms with Gasteiger partial charge in [-0.1, -0.05) is 0 Å². The molecule has 1 aromatic carbocycles. The van der Waals surface area contributed by atoms with Crippen LogP contribution in [0.15, 0.2) is 18.3 Å². The van der Waals surface area contributed by atoms with Gasteiger partial charge in [-0.3, -0.25) is 10.00 Å². The number of carbonyl (C=O) groups excluding carboxylic acids is 1. The molecule has 0 unspecified atom stereocenters. The Hall–Kier alpha value is -2.68. The fraction of sp³-hybridized carbons (Fsp3) is 0.412. The van der Waals surface area contributed by atoms with E-state index in [1.807, 2.05) is 0 Å². The van der Waals surface area contributed by atoms with Crippen LogP contribution in [0.4, 0.5) is 19.4 Å². The van der Waals surface area contributed by atoms with Crippen LogP contribution in [0.3, 0.4) is 0 Å². The molecule has 1 aromatic heterocycles. The lowest BCUT2D eigenvalue weighted by Gasteiger charge is -2.19. The van der Waals surface area contributed by atoms with E-state index in [4.69, 9.17) is 9.47 Å². The molecular formula is C17H21F2N3O4. The fourth-order valence-corrected chi connectivity index (χ4v) is 2.16. The van der Waals surface area contributed by atoms with Crippen LogP contribution in [0.25, 0.3) is 11.1 Å². The van der Waals surface area contributed by atoms with Crippen molar-refractivity contribution in [2.24, 2.45) is 0 Å². The van der Waals surface area contributed by atoms with E-state index in [-0.39, 0.29) is 16.9 Å². The van der Waals surface area contributed by atoms with Crippen molar-refractivity contribution in [2.75, 3.05) is 19.0 Å². The predicted octanol–water partition coefficient (Wildman–Crippen LogP) is 3.53. The molecule has 2 rings (SSSR count). The number of aromatic hydroxyl groups is 1. The minimum Gasteiger partial charge on any atom is -0.505 e. The number of carbonyl (C=O) groups is 1. The third-order valence-corrected chi connectivity index (χ3v) is 3.26. The molecule has 7 nitrogen and oxygen atoms in total. The first-order valence-electron chi connectivity index (χ1n) is 7.86. The van der Waals surface area contributed by atoms with Crippen LogP contribution in [0.2, 0.25) is 0 Å². The van der Waals surface area contributed by atoms with Gasteiger partial charge in [-0.25, -0.2) is 9.18 Å². The standard InChI is InChI=1S/C17H21F2N3O4/c1-17(2,3)26-16(24)20-15-11(9-22(21-15)7-8-25-4)10-5-6-12(23)14(19)13(10)18/h5-6,9,23H,7-8H2,1-4H3,(H,20,21,24). The van der Waals surface area contributed by atoms with Crippen LogP contribution in [0.5, 0.6) is 5.75 Å². The summed E-state index contributed by atoms with van der Waals surface area (Å²) in [6.45, 7) is 5.75. The third kappa shape index (κ3) is 4.69. The summed E-state index contributed by atoms with van der Waals surface area (Å²) in [5.41, 5.74) is -0.753. The Morgan fingerprint density at radius 3 is 2.58 bits per heavy atom. The van der Waals surface area contributed by atoms with Crippen molar-refractivity contribution in [3.63, 3.8) is 0 Å². The first kappa shape index (κ1) is 19.6. The van der Waals surface area contributed by atoms with Gasteiger partial charge in [-0.05, 0) is 32.9 Å². The molecule has 0 atom stereocenters. The van der Waals surface area contributed by atoms with Gasteiger partial charge in [0.05, 0.1) is 13.2 Å². The molecule has 0 spiro atoms. The fourth-order valence-electron chi connectivity index (χ4n) is 2.16. The van der Waals surface area contributed by atoms with Crippen molar-refractivity contribution in [2.45, 2.75) is 32.9 Å². The Bertz CT molecular complexity index is 800. The maximum absolute atomic E-state index is 14.3. The van der Waals surface area contributed by atoms with Crippen molar-refractivity contribution >= 4 is 11.9 Å². The monoisotopic (exact) mass is 369 g/mol. The average molecular weight is 369 g/mol. The number of nitrogens with one attached hydrogen (secondary N) is 1. The summed E-state index contributed by atoms with van der Waals surface area (Å²) in [5.74, 6) is -3.43. The predicted molar refractivity (Wildman–Crippen MR) is 91.0 cm³/mol. The summed E-state index contributed by atoms with van der Waals surface area (Å²) < 4.78 is 39.5. The highest BCUT2D eigenvalue weighted by molar-refractivity contribution is 5.89. The number of hydrogen-bond acceptors (Lipinski definition) is 5. The lowest BCUT2D eigenvalue weighted by Crippen LogP contribution is -2.27. The molecule has 0 radical (unpaired) electrons. The van der Waals surface area contributed by atoms with E-state index in [0.717, 1.165) is 6.07 Å². The quantitative estimate of drug-likeness (QED) is 0.842. The van der Waals surface area contributed by atoms with E-state index < -0.39 is 29.1 Å². The maximum Gasteiger partial charge on any atom is 0.413 e. The minimum atomic E-state index is -1.38. The van der Waals surface area contributed by atoms with E-state index in [2.05, 4.69) is 10.4 Å². The molecule has 2 N–H and O–H groups in total. The normalized spacial score (nSPS) is 11.5. The average Bonchev–Trinajstić information content (AvgIpc) is 2.91. The summed E-state index contributed by atoms with van der Waals surface area (Å²) in [5, 5.41) is 15.9. The number of methoxy groups -OCH3 is 1. The first-order valence-corrected chi connectivity index (χ1v) is 7.86. The zero-order chi connectivity index (χ0) is 19.5.